The van der Waals surface area contributed by atoms with Crippen LogP contribution in [0.25, 0.3) is 0 Å². The molecule has 3 amide bonds. The molecule has 0 spiro atoms. The maximum atomic E-state index is 12.2. The van der Waals surface area contributed by atoms with Crippen LogP contribution in [-0.2, 0) is 11.8 Å². The summed E-state index contributed by atoms with van der Waals surface area (Å²) in [6, 6.07) is 0.886. The molecule has 106 valence electrons. The van der Waals surface area contributed by atoms with Gasteiger partial charge in [0.1, 0.15) is 6.04 Å². The molecule has 7 heteroatoms. The lowest BCUT2D eigenvalue weighted by atomic mass is 10.2. The van der Waals surface area contributed by atoms with E-state index in [0.717, 1.165) is 0 Å². The van der Waals surface area contributed by atoms with E-state index in [1.54, 1.807) is 28.9 Å². The van der Waals surface area contributed by atoms with Crippen LogP contribution >= 0.6 is 0 Å². The summed E-state index contributed by atoms with van der Waals surface area (Å²) < 4.78 is 1.63. The van der Waals surface area contributed by atoms with E-state index >= 15 is 0 Å². The summed E-state index contributed by atoms with van der Waals surface area (Å²) in [5, 5.41) is 9.45. The summed E-state index contributed by atoms with van der Waals surface area (Å²) in [5.74, 6) is 2.89. The number of aryl methyl sites for hydroxylation is 1. The van der Waals surface area contributed by atoms with Crippen molar-refractivity contribution >= 4 is 17.8 Å². The lowest BCUT2D eigenvalue weighted by Gasteiger charge is -2.14. The number of nitrogens with zero attached hydrogens (tertiary/aromatic N) is 3. The molecule has 1 fully saturated rings. The van der Waals surface area contributed by atoms with Crippen LogP contribution in [0.2, 0.25) is 0 Å². The maximum Gasteiger partial charge on any atom is 0.315 e. The molecule has 2 N–H and O–H groups in total. The minimum atomic E-state index is -0.511. The van der Waals surface area contributed by atoms with E-state index in [4.69, 9.17) is 6.42 Å². The van der Waals surface area contributed by atoms with Crippen LogP contribution in [0, 0.1) is 12.3 Å². The Morgan fingerprint density at radius 3 is 3.10 bits per heavy atom. The molecule has 2 heterocycles. The highest BCUT2D eigenvalue weighted by Gasteiger charge is 2.34. The molecule has 2 rings (SSSR count). The number of carbonyl (C=O) groups excluding carboxylic acids is 2. The van der Waals surface area contributed by atoms with Gasteiger partial charge in [0.05, 0.1) is 0 Å². The third kappa shape index (κ3) is 3.09. The fourth-order valence-corrected chi connectivity index (χ4v) is 2.05. The van der Waals surface area contributed by atoms with Gasteiger partial charge in [-0.05, 0) is 6.42 Å². The van der Waals surface area contributed by atoms with Crippen molar-refractivity contribution in [2.24, 2.45) is 7.05 Å². The minimum Gasteiger partial charge on any atom is -0.337 e. The van der Waals surface area contributed by atoms with Crippen molar-refractivity contribution in [1.29, 1.82) is 0 Å². The molecule has 0 unspecified atom stereocenters. The van der Waals surface area contributed by atoms with E-state index < -0.39 is 6.04 Å². The molecular formula is C13H17N5O2. The highest BCUT2D eigenvalue weighted by molar-refractivity contribution is 6.00. The predicted molar refractivity (Wildman–Crippen MR) is 74.0 cm³/mol. The van der Waals surface area contributed by atoms with Crippen molar-refractivity contribution in [2.75, 3.05) is 18.0 Å². The molecule has 1 atom stereocenters. The number of aromatic nitrogens is 2. The van der Waals surface area contributed by atoms with E-state index in [1.165, 1.54) is 0 Å². The van der Waals surface area contributed by atoms with Gasteiger partial charge >= 0.3 is 6.03 Å². The van der Waals surface area contributed by atoms with Crippen LogP contribution in [-0.4, -0.2) is 40.9 Å². The second-order valence-corrected chi connectivity index (χ2v) is 4.53. The van der Waals surface area contributed by atoms with Gasteiger partial charge < -0.3 is 10.6 Å². The molecule has 20 heavy (non-hydrogen) atoms. The lowest BCUT2D eigenvalue weighted by Crippen LogP contribution is -2.46. The zero-order chi connectivity index (χ0) is 14.5. The van der Waals surface area contributed by atoms with Crippen molar-refractivity contribution in [2.45, 2.75) is 18.9 Å². The van der Waals surface area contributed by atoms with Crippen molar-refractivity contribution in [3.05, 3.63) is 12.3 Å². The van der Waals surface area contributed by atoms with Crippen molar-refractivity contribution in [3.8, 4) is 12.3 Å². The fraction of sp³-hybridized carbons (Fsp3) is 0.462. The van der Waals surface area contributed by atoms with Gasteiger partial charge in [-0.3, -0.25) is 14.4 Å². The Hall–Kier alpha value is -2.49. The fourth-order valence-electron chi connectivity index (χ4n) is 2.05. The van der Waals surface area contributed by atoms with E-state index in [2.05, 4.69) is 21.7 Å². The van der Waals surface area contributed by atoms with Crippen LogP contribution < -0.4 is 15.5 Å². The molecule has 1 aliphatic heterocycles. The Labute approximate surface area is 117 Å². The molecule has 0 bridgehead atoms. The zero-order valence-electron chi connectivity index (χ0n) is 11.3. The van der Waals surface area contributed by atoms with Crippen LogP contribution in [0.4, 0.5) is 10.6 Å². The summed E-state index contributed by atoms with van der Waals surface area (Å²) in [5.41, 5.74) is 0. The second kappa shape index (κ2) is 6.10. The zero-order valence-corrected chi connectivity index (χ0v) is 11.3. The van der Waals surface area contributed by atoms with Crippen molar-refractivity contribution in [1.82, 2.24) is 20.4 Å². The summed E-state index contributed by atoms with van der Waals surface area (Å²) >= 11 is 0. The first-order valence-corrected chi connectivity index (χ1v) is 6.40. The Balaban J connectivity index is 1.88. The van der Waals surface area contributed by atoms with Crippen LogP contribution in [0.15, 0.2) is 12.3 Å². The second-order valence-electron chi connectivity index (χ2n) is 4.53. The third-order valence-corrected chi connectivity index (χ3v) is 3.04. The first-order valence-electron chi connectivity index (χ1n) is 6.40. The molecule has 1 aliphatic rings. The standard InChI is InChI=1S/C13H17N5O2/c1-3-4-7-14-13(20)15-10-5-9-18(12(10)19)11-6-8-17(2)16-11/h1,6,8,10H,4-5,7,9H2,2H3,(H2,14,15,20)/t10-/m0/s1. The lowest BCUT2D eigenvalue weighted by molar-refractivity contribution is -0.118. The molecule has 1 aromatic heterocycles. The Kier molecular flexibility index (Phi) is 4.25. The number of terminal acetylenes is 1. The maximum absolute atomic E-state index is 12.2. The monoisotopic (exact) mass is 275 g/mol. The van der Waals surface area contributed by atoms with Gasteiger partial charge in [-0.15, -0.1) is 12.3 Å². The highest BCUT2D eigenvalue weighted by atomic mass is 16.2. The number of hydrogen-bond acceptors (Lipinski definition) is 3. The van der Waals surface area contributed by atoms with E-state index in [0.29, 0.717) is 31.7 Å². The molecule has 7 nitrogen and oxygen atoms in total. The number of rotatable bonds is 4. The van der Waals surface area contributed by atoms with Crippen molar-refractivity contribution < 1.29 is 9.59 Å². The summed E-state index contributed by atoms with van der Waals surface area (Å²) in [6.45, 7) is 0.943. The topological polar surface area (TPSA) is 79.3 Å². The van der Waals surface area contributed by atoms with Crippen LogP contribution in [0.5, 0.6) is 0 Å². The quantitative estimate of drug-likeness (QED) is 0.592. The molecular weight excluding hydrogens is 258 g/mol. The molecule has 1 saturated heterocycles. The first kappa shape index (κ1) is 13.9. The molecule has 0 aromatic carbocycles. The third-order valence-electron chi connectivity index (χ3n) is 3.04. The molecule has 0 saturated carbocycles. The first-order chi connectivity index (χ1) is 9.61. The van der Waals surface area contributed by atoms with Gasteiger partial charge in [0, 0.05) is 38.8 Å². The van der Waals surface area contributed by atoms with Crippen molar-refractivity contribution in [3.63, 3.8) is 0 Å². The number of hydrogen-bond donors (Lipinski definition) is 2. The van der Waals surface area contributed by atoms with Gasteiger partial charge in [0.25, 0.3) is 5.91 Å². The SMILES string of the molecule is C#CCCNC(=O)N[C@H]1CCN(c2ccn(C)n2)C1=O. The average Bonchev–Trinajstić information content (AvgIpc) is 2.98. The molecule has 0 radical (unpaired) electrons. The number of carbonyl (C=O) groups is 2. The van der Waals surface area contributed by atoms with Gasteiger partial charge in [0.15, 0.2) is 5.82 Å². The van der Waals surface area contributed by atoms with E-state index in [-0.39, 0.29) is 11.9 Å². The summed E-state index contributed by atoms with van der Waals surface area (Å²) in [6.07, 6.45) is 7.90. The average molecular weight is 275 g/mol. The number of anilines is 1. The number of amides is 3. The smallest absolute Gasteiger partial charge is 0.315 e. The highest BCUT2D eigenvalue weighted by Crippen LogP contribution is 2.19. The summed E-state index contributed by atoms with van der Waals surface area (Å²) in [4.78, 5) is 25.3. The van der Waals surface area contributed by atoms with E-state index in [1.807, 2.05) is 0 Å². The Bertz CT molecular complexity index is 545. The van der Waals surface area contributed by atoms with E-state index in [9.17, 15) is 9.59 Å². The normalized spacial score (nSPS) is 17.9. The minimum absolute atomic E-state index is 0.143. The Morgan fingerprint density at radius 1 is 1.65 bits per heavy atom. The predicted octanol–water partition coefficient (Wildman–Crippen LogP) is -0.152. The molecule has 1 aromatic rings. The number of urea groups is 1. The van der Waals surface area contributed by atoms with Crippen LogP contribution in [0.3, 0.4) is 0 Å². The van der Waals surface area contributed by atoms with Gasteiger partial charge in [0.2, 0.25) is 0 Å². The summed E-state index contributed by atoms with van der Waals surface area (Å²) in [7, 11) is 1.79. The van der Waals surface area contributed by atoms with Crippen LogP contribution in [0.1, 0.15) is 12.8 Å². The van der Waals surface area contributed by atoms with Gasteiger partial charge in [-0.2, -0.15) is 5.10 Å². The molecule has 0 aliphatic carbocycles. The van der Waals surface area contributed by atoms with Gasteiger partial charge in [-0.25, -0.2) is 4.79 Å². The number of nitrogens with one attached hydrogen (secondary N) is 2. The largest absolute Gasteiger partial charge is 0.337 e. The van der Waals surface area contributed by atoms with Gasteiger partial charge in [-0.1, -0.05) is 0 Å². The Morgan fingerprint density at radius 2 is 2.45 bits per heavy atom.